The van der Waals surface area contributed by atoms with E-state index >= 15 is 0 Å². The van der Waals surface area contributed by atoms with Crippen molar-refractivity contribution < 1.29 is 0 Å². The molecule has 0 aliphatic carbocycles. The van der Waals surface area contributed by atoms with Gasteiger partial charge in [-0.2, -0.15) is 5.11 Å². The van der Waals surface area contributed by atoms with E-state index in [-0.39, 0.29) is 0 Å². The third-order valence-corrected chi connectivity index (χ3v) is 3.12. The average molecular weight is 288 g/mol. The fourth-order valence-corrected chi connectivity index (χ4v) is 1.99. The van der Waals surface area contributed by atoms with Crippen molar-refractivity contribution in [3.8, 4) is 0 Å². The van der Waals surface area contributed by atoms with Crippen molar-refractivity contribution in [2.45, 2.75) is 0 Å². The summed E-state index contributed by atoms with van der Waals surface area (Å²) in [5.41, 5.74) is 9.89. The Bertz CT molecular complexity index is 765. The highest BCUT2D eigenvalue weighted by Crippen LogP contribution is 2.29. The average Bonchev–Trinajstić information content (AvgIpc) is 2.57. The Hall–Kier alpha value is -3.14. The normalized spacial score (nSPS) is 10.7. The van der Waals surface area contributed by atoms with Gasteiger partial charge in [-0.25, -0.2) is 0 Å². The number of hydrogen-bond acceptors (Lipinski definition) is 4. The fraction of sp³-hybridized carbons (Fsp3) is 0. The fourth-order valence-electron chi connectivity index (χ4n) is 1.99. The molecule has 0 spiro atoms. The predicted octanol–water partition coefficient (Wildman–Crippen LogP) is 5.43. The topological polar surface area (TPSA) is 62.8 Å². The van der Waals surface area contributed by atoms with Crippen LogP contribution in [-0.4, -0.2) is 0 Å². The van der Waals surface area contributed by atoms with E-state index in [0.29, 0.717) is 0 Å². The van der Waals surface area contributed by atoms with Gasteiger partial charge in [-0.1, -0.05) is 30.3 Å². The van der Waals surface area contributed by atoms with Gasteiger partial charge in [0.05, 0.1) is 11.4 Å². The lowest BCUT2D eigenvalue weighted by molar-refractivity contribution is 1.23. The molecular formula is C18H16N4. The Balaban J connectivity index is 1.83. The van der Waals surface area contributed by atoms with E-state index in [0.717, 1.165) is 28.4 Å². The van der Waals surface area contributed by atoms with Crippen molar-refractivity contribution in [1.82, 2.24) is 0 Å². The molecule has 0 atom stereocenters. The predicted molar refractivity (Wildman–Crippen MR) is 91.2 cm³/mol. The first kappa shape index (κ1) is 13.8. The van der Waals surface area contributed by atoms with Crippen LogP contribution in [0.2, 0.25) is 0 Å². The second-order valence-electron chi connectivity index (χ2n) is 4.80. The SMILES string of the molecule is Nc1ccc(Nc2ccccc2N=Nc2ccccc2)cc1. The maximum Gasteiger partial charge on any atom is 0.109 e. The van der Waals surface area contributed by atoms with Crippen molar-refractivity contribution in [2.24, 2.45) is 10.2 Å². The van der Waals surface area contributed by atoms with E-state index in [9.17, 15) is 0 Å². The van der Waals surface area contributed by atoms with Crippen LogP contribution in [0.3, 0.4) is 0 Å². The molecule has 0 unspecified atom stereocenters. The molecule has 0 amide bonds. The number of nitrogens with one attached hydrogen (secondary N) is 1. The number of para-hydroxylation sites is 1. The quantitative estimate of drug-likeness (QED) is 0.497. The monoisotopic (exact) mass is 288 g/mol. The first-order valence-electron chi connectivity index (χ1n) is 7.00. The van der Waals surface area contributed by atoms with E-state index in [1.54, 1.807) is 0 Å². The summed E-state index contributed by atoms with van der Waals surface area (Å²) in [6.07, 6.45) is 0. The molecule has 4 nitrogen and oxygen atoms in total. The minimum absolute atomic E-state index is 0.739. The highest BCUT2D eigenvalue weighted by molar-refractivity contribution is 5.72. The summed E-state index contributed by atoms with van der Waals surface area (Å²) in [7, 11) is 0. The standard InChI is InChI=1S/C18H16N4/c19-14-10-12-15(13-11-14)20-17-8-4-5-9-18(17)22-21-16-6-2-1-3-7-16/h1-13,20H,19H2. The van der Waals surface area contributed by atoms with E-state index in [2.05, 4.69) is 15.5 Å². The summed E-state index contributed by atoms with van der Waals surface area (Å²) < 4.78 is 0. The molecule has 22 heavy (non-hydrogen) atoms. The Morgan fingerprint density at radius 2 is 1.36 bits per heavy atom. The summed E-state index contributed by atoms with van der Waals surface area (Å²) in [5, 5.41) is 11.9. The maximum absolute atomic E-state index is 5.70. The van der Waals surface area contributed by atoms with Crippen molar-refractivity contribution in [2.75, 3.05) is 11.1 Å². The van der Waals surface area contributed by atoms with Gasteiger partial charge in [-0.3, -0.25) is 0 Å². The van der Waals surface area contributed by atoms with Gasteiger partial charge in [-0.05, 0) is 48.5 Å². The van der Waals surface area contributed by atoms with Crippen molar-refractivity contribution in [3.63, 3.8) is 0 Å². The second kappa shape index (κ2) is 6.54. The molecule has 0 bridgehead atoms. The number of rotatable bonds is 4. The maximum atomic E-state index is 5.70. The molecule has 0 aliphatic heterocycles. The first-order valence-corrected chi connectivity index (χ1v) is 7.00. The number of nitrogens with zero attached hydrogens (tertiary/aromatic N) is 2. The lowest BCUT2D eigenvalue weighted by Crippen LogP contribution is -1.91. The molecule has 0 aliphatic rings. The minimum Gasteiger partial charge on any atom is -0.399 e. The van der Waals surface area contributed by atoms with Gasteiger partial charge in [-0.15, -0.1) is 5.11 Å². The molecule has 3 aromatic rings. The summed E-state index contributed by atoms with van der Waals surface area (Å²) in [4.78, 5) is 0. The number of nitrogen functional groups attached to an aromatic ring is 1. The van der Waals surface area contributed by atoms with Crippen LogP contribution in [0.5, 0.6) is 0 Å². The number of hydrogen-bond donors (Lipinski definition) is 2. The van der Waals surface area contributed by atoms with Crippen molar-refractivity contribution in [3.05, 3.63) is 78.9 Å². The zero-order chi connectivity index (χ0) is 15.2. The number of anilines is 3. The van der Waals surface area contributed by atoms with Crippen LogP contribution in [0.15, 0.2) is 89.1 Å². The summed E-state index contributed by atoms with van der Waals surface area (Å²) >= 11 is 0. The minimum atomic E-state index is 0.739. The van der Waals surface area contributed by atoms with E-state index in [4.69, 9.17) is 5.73 Å². The van der Waals surface area contributed by atoms with Gasteiger partial charge in [0.15, 0.2) is 0 Å². The van der Waals surface area contributed by atoms with Gasteiger partial charge in [0.25, 0.3) is 0 Å². The van der Waals surface area contributed by atoms with E-state index < -0.39 is 0 Å². The van der Waals surface area contributed by atoms with Gasteiger partial charge >= 0.3 is 0 Å². The van der Waals surface area contributed by atoms with Crippen LogP contribution in [0.25, 0.3) is 0 Å². The Morgan fingerprint density at radius 3 is 2.14 bits per heavy atom. The molecule has 3 N–H and O–H groups in total. The third kappa shape index (κ3) is 3.49. The molecular weight excluding hydrogens is 272 g/mol. The molecule has 4 heteroatoms. The lowest BCUT2D eigenvalue weighted by Gasteiger charge is -2.08. The summed E-state index contributed by atoms with van der Waals surface area (Å²) in [5.74, 6) is 0. The second-order valence-corrected chi connectivity index (χ2v) is 4.80. The number of azo groups is 1. The first-order chi connectivity index (χ1) is 10.8. The molecule has 0 saturated carbocycles. The lowest BCUT2D eigenvalue weighted by atomic mass is 10.2. The van der Waals surface area contributed by atoms with Gasteiger partial charge < -0.3 is 11.1 Å². The highest BCUT2D eigenvalue weighted by Gasteiger charge is 2.01. The van der Waals surface area contributed by atoms with E-state index in [1.807, 2.05) is 78.9 Å². The van der Waals surface area contributed by atoms with Crippen molar-refractivity contribution in [1.29, 1.82) is 0 Å². The zero-order valence-electron chi connectivity index (χ0n) is 12.0. The van der Waals surface area contributed by atoms with Crippen LogP contribution in [0, 0.1) is 0 Å². The Kier molecular flexibility index (Phi) is 4.11. The molecule has 0 heterocycles. The van der Waals surface area contributed by atoms with Gasteiger partial charge in [0.1, 0.15) is 5.69 Å². The number of benzene rings is 3. The molecule has 0 radical (unpaired) electrons. The van der Waals surface area contributed by atoms with Crippen LogP contribution < -0.4 is 11.1 Å². The summed E-state index contributed by atoms with van der Waals surface area (Å²) in [6.45, 7) is 0. The Labute approximate surface area is 129 Å². The van der Waals surface area contributed by atoms with Gasteiger partial charge in [0.2, 0.25) is 0 Å². The third-order valence-electron chi connectivity index (χ3n) is 3.12. The van der Waals surface area contributed by atoms with Crippen LogP contribution in [-0.2, 0) is 0 Å². The molecule has 0 fully saturated rings. The van der Waals surface area contributed by atoms with Crippen molar-refractivity contribution >= 4 is 28.4 Å². The molecule has 3 rings (SSSR count). The molecule has 3 aromatic carbocycles. The largest absolute Gasteiger partial charge is 0.399 e. The summed E-state index contributed by atoms with van der Waals surface area (Å²) in [6, 6.07) is 25.0. The smallest absolute Gasteiger partial charge is 0.109 e. The van der Waals surface area contributed by atoms with Crippen LogP contribution in [0.1, 0.15) is 0 Å². The zero-order valence-corrected chi connectivity index (χ0v) is 12.0. The van der Waals surface area contributed by atoms with E-state index in [1.165, 1.54) is 0 Å². The van der Waals surface area contributed by atoms with Gasteiger partial charge in [0, 0.05) is 11.4 Å². The highest BCUT2D eigenvalue weighted by atomic mass is 15.1. The van der Waals surface area contributed by atoms with Crippen LogP contribution >= 0.6 is 0 Å². The Morgan fingerprint density at radius 1 is 0.682 bits per heavy atom. The molecule has 0 saturated heterocycles. The van der Waals surface area contributed by atoms with Crippen LogP contribution in [0.4, 0.5) is 28.4 Å². The molecule has 0 aromatic heterocycles. The number of nitrogens with two attached hydrogens (primary N) is 1. The molecule has 108 valence electrons.